The zero-order valence-electron chi connectivity index (χ0n) is 21.0. The van der Waals surface area contributed by atoms with Crippen molar-refractivity contribution >= 4 is 33.4 Å². The highest BCUT2D eigenvalue weighted by Gasteiger charge is 2.33. The fourth-order valence-electron chi connectivity index (χ4n) is 3.95. The topological polar surface area (TPSA) is 105 Å². The SMILES string of the molecule is CN(CC(=O)N(Cc1ccc(Cl)cc1)C(C(=O)NCc1ccc2c(c1)OCO2)c1ccccc1)S(C)(=O)=O. The minimum atomic E-state index is -3.63. The quantitative estimate of drug-likeness (QED) is 0.410. The van der Waals surface area contributed by atoms with Crippen LogP contribution >= 0.6 is 11.6 Å². The second kappa shape index (κ2) is 11.8. The Morgan fingerprint density at radius 3 is 2.32 bits per heavy atom. The van der Waals surface area contributed by atoms with Gasteiger partial charge >= 0.3 is 0 Å². The predicted octanol–water partition coefficient (Wildman–Crippen LogP) is 3.35. The van der Waals surface area contributed by atoms with E-state index in [-0.39, 0.29) is 19.9 Å². The van der Waals surface area contributed by atoms with Crippen LogP contribution in [0.15, 0.2) is 72.8 Å². The van der Waals surface area contributed by atoms with E-state index in [1.807, 2.05) is 12.1 Å². The van der Waals surface area contributed by atoms with Crippen molar-refractivity contribution < 1.29 is 27.5 Å². The van der Waals surface area contributed by atoms with Crippen molar-refractivity contribution in [2.24, 2.45) is 0 Å². The molecule has 3 aromatic carbocycles. The first-order valence-electron chi connectivity index (χ1n) is 11.8. The Hall–Kier alpha value is -3.60. The second-order valence-electron chi connectivity index (χ2n) is 8.89. The number of nitrogens with one attached hydrogen (secondary N) is 1. The number of hydrogen-bond donors (Lipinski definition) is 1. The van der Waals surface area contributed by atoms with E-state index in [0.29, 0.717) is 22.1 Å². The first-order chi connectivity index (χ1) is 18.1. The van der Waals surface area contributed by atoms with Gasteiger partial charge in [0, 0.05) is 25.2 Å². The molecule has 0 saturated heterocycles. The summed E-state index contributed by atoms with van der Waals surface area (Å²) in [4.78, 5) is 28.7. The Kier molecular flexibility index (Phi) is 8.55. The van der Waals surface area contributed by atoms with Crippen LogP contribution in [0.4, 0.5) is 0 Å². The molecule has 0 bridgehead atoms. The molecule has 2 amide bonds. The lowest BCUT2D eigenvalue weighted by Gasteiger charge is -2.32. The summed E-state index contributed by atoms with van der Waals surface area (Å²) in [6, 6.07) is 20.2. The predicted molar refractivity (Wildman–Crippen MR) is 143 cm³/mol. The standard InChI is InChI=1S/C27H28ClN3O6S/c1-30(38(2,34)35)17-25(32)31(16-19-8-11-22(28)12-9-19)26(21-6-4-3-5-7-21)27(33)29-15-20-10-13-23-24(14-20)37-18-36-23/h3-14,26H,15-18H2,1-2H3,(H,29,33). The summed E-state index contributed by atoms with van der Waals surface area (Å²) in [6.07, 6.45) is 1.02. The van der Waals surface area contributed by atoms with Crippen molar-refractivity contribution in [1.29, 1.82) is 0 Å². The minimum absolute atomic E-state index is 0.0601. The van der Waals surface area contributed by atoms with Gasteiger partial charge in [-0.25, -0.2) is 8.42 Å². The molecule has 1 aliphatic rings. The van der Waals surface area contributed by atoms with Crippen molar-refractivity contribution in [2.45, 2.75) is 19.1 Å². The summed E-state index contributed by atoms with van der Waals surface area (Å²) in [5.74, 6) is 0.287. The normalized spacial score (nSPS) is 13.3. The molecule has 0 aromatic heterocycles. The van der Waals surface area contributed by atoms with E-state index in [9.17, 15) is 18.0 Å². The van der Waals surface area contributed by atoms with E-state index in [4.69, 9.17) is 21.1 Å². The average molecular weight is 558 g/mol. The first kappa shape index (κ1) is 27.4. The smallest absolute Gasteiger partial charge is 0.247 e. The van der Waals surface area contributed by atoms with Crippen LogP contribution < -0.4 is 14.8 Å². The Labute approximate surface area is 227 Å². The van der Waals surface area contributed by atoms with Gasteiger partial charge in [0.05, 0.1) is 12.8 Å². The van der Waals surface area contributed by atoms with Gasteiger partial charge < -0.3 is 19.7 Å². The number of benzene rings is 3. The zero-order chi connectivity index (χ0) is 27.3. The van der Waals surface area contributed by atoms with Crippen molar-refractivity contribution in [3.63, 3.8) is 0 Å². The number of nitrogens with zero attached hydrogens (tertiary/aromatic N) is 2. The van der Waals surface area contributed by atoms with E-state index in [0.717, 1.165) is 21.7 Å². The van der Waals surface area contributed by atoms with Gasteiger partial charge in [-0.2, -0.15) is 4.31 Å². The molecule has 3 aromatic rings. The Balaban J connectivity index is 1.64. The molecule has 1 heterocycles. The van der Waals surface area contributed by atoms with E-state index in [1.165, 1.54) is 11.9 Å². The molecule has 11 heteroatoms. The van der Waals surface area contributed by atoms with Crippen molar-refractivity contribution in [3.8, 4) is 11.5 Å². The minimum Gasteiger partial charge on any atom is -0.454 e. The number of ether oxygens (including phenoxy) is 2. The highest BCUT2D eigenvalue weighted by molar-refractivity contribution is 7.88. The molecule has 4 rings (SSSR count). The molecule has 0 saturated carbocycles. The molecular weight excluding hydrogens is 530 g/mol. The molecule has 0 radical (unpaired) electrons. The van der Waals surface area contributed by atoms with E-state index < -0.39 is 34.4 Å². The van der Waals surface area contributed by atoms with E-state index in [2.05, 4.69) is 5.32 Å². The maximum Gasteiger partial charge on any atom is 0.247 e. The van der Waals surface area contributed by atoms with Gasteiger partial charge in [0.15, 0.2) is 11.5 Å². The summed E-state index contributed by atoms with van der Waals surface area (Å²) in [6.45, 7) is -0.0360. The molecule has 1 unspecified atom stereocenters. The van der Waals surface area contributed by atoms with Crippen molar-refractivity contribution in [2.75, 3.05) is 26.6 Å². The zero-order valence-corrected chi connectivity index (χ0v) is 22.5. The van der Waals surface area contributed by atoms with Crippen LogP contribution in [0, 0.1) is 0 Å². The van der Waals surface area contributed by atoms with E-state index >= 15 is 0 Å². The summed E-state index contributed by atoms with van der Waals surface area (Å²) >= 11 is 6.04. The lowest BCUT2D eigenvalue weighted by atomic mass is 10.0. The number of rotatable bonds is 10. The van der Waals surface area contributed by atoms with Gasteiger partial charge in [-0.05, 0) is 41.0 Å². The molecule has 1 aliphatic heterocycles. The van der Waals surface area contributed by atoms with Gasteiger partial charge in [0.1, 0.15) is 6.04 Å². The lowest BCUT2D eigenvalue weighted by Crippen LogP contribution is -2.47. The monoisotopic (exact) mass is 557 g/mol. The van der Waals surface area contributed by atoms with Crippen LogP contribution in [0.3, 0.4) is 0 Å². The van der Waals surface area contributed by atoms with Gasteiger partial charge in [-0.3, -0.25) is 9.59 Å². The van der Waals surface area contributed by atoms with Crippen LogP contribution in [0.5, 0.6) is 11.5 Å². The summed E-state index contributed by atoms with van der Waals surface area (Å²) in [5.41, 5.74) is 2.11. The van der Waals surface area contributed by atoms with Crippen LogP contribution in [0.25, 0.3) is 0 Å². The highest BCUT2D eigenvalue weighted by Crippen LogP contribution is 2.32. The third-order valence-electron chi connectivity index (χ3n) is 6.09. The number of amides is 2. The number of sulfonamides is 1. The number of fused-ring (bicyclic) bond motifs is 1. The number of carbonyl (C=O) groups excluding carboxylic acids is 2. The van der Waals surface area contributed by atoms with E-state index in [1.54, 1.807) is 60.7 Å². The molecule has 1 N–H and O–H groups in total. The number of carbonyl (C=O) groups is 2. The fourth-order valence-corrected chi connectivity index (χ4v) is 4.42. The summed E-state index contributed by atoms with van der Waals surface area (Å²) < 4.78 is 35.8. The second-order valence-corrected chi connectivity index (χ2v) is 11.4. The molecule has 0 fully saturated rings. The molecule has 0 aliphatic carbocycles. The molecular formula is C27H28ClN3O6S. The van der Waals surface area contributed by atoms with Gasteiger partial charge in [0.2, 0.25) is 28.6 Å². The Morgan fingerprint density at radius 2 is 1.63 bits per heavy atom. The molecule has 38 heavy (non-hydrogen) atoms. The van der Waals surface area contributed by atoms with Crippen LogP contribution in [0.1, 0.15) is 22.7 Å². The summed E-state index contributed by atoms with van der Waals surface area (Å²) in [7, 11) is -2.30. The third kappa shape index (κ3) is 6.83. The maximum atomic E-state index is 13.7. The maximum absolute atomic E-state index is 13.7. The number of halogens is 1. The Bertz CT molecular complexity index is 1400. The fraction of sp³-hybridized carbons (Fsp3) is 0.259. The van der Waals surface area contributed by atoms with Crippen LogP contribution in [0.2, 0.25) is 5.02 Å². The third-order valence-corrected chi connectivity index (χ3v) is 7.60. The summed E-state index contributed by atoms with van der Waals surface area (Å²) in [5, 5.41) is 3.45. The average Bonchev–Trinajstić information content (AvgIpc) is 3.36. The van der Waals surface area contributed by atoms with Gasteiger partial charge in [-0.15, -0.1) is 0 Å². The Morgan fingerprint density at radius 1 is 0.974 bits per heavy atom. The molecule has 1 atom stereocenters. The largest absolute Gasteiger partial charge is 0.454 e. The lowest BCUT2D eigenvalue weighted by molar-refractivity contribution is -0.141. The van der Waals surface area contributed by atoms with Crippen LogP contribution in [-0.4, -0.2) is 56.1 Å². The molecule has 200 valence electrons. The molecule has 0 spiro atoms. The number of hydrogen-bond acceptors (Lipinski definition) is 6. The van der Waals surface area contributed by atoms with Crippen molar-refractivity contribution in [1.82, 2.24) is 14.5 Å². The number of likely N-dealkylation sites (N-methyl/N-ethyl adjacent to an activating group) is 1. The first-order valence-corrected chi connectivity index (χ1v) is 14.0. The highest BCUT2D eigenvalue weighted by atomic mass is 35.5. The van der Waals surface area contributed by atoms with Gasteiger partial charge in [0.25, 0.3) is 0 Å². The van der Waals surface area contributed by atoms with Crippen LogP contribution in [-0.2, 0) is 32.7 Å². The molecule has 9 nitrogen and oxygen atoms in total. The van der Waals surface area contributed by atoms with Crippen molar-refractivity contribution in [3.05, 3.63) is 94.5 Å². The van der Waals surface area contributed by atoms with Gasteiger partial charge in [-0.1, -0.05) is 60.1 Å².